The predicted molar refractivity (Wildman–Crippen MR) is 95.1 cm³/mol. The summed E-state index contributed by atoms with van der Waals surface area (Å²) in [7, 11) is 6.11. The van der Waals surface area contributed by atoms with Gasteiger partial charge in [0.2, 0.25) is 0 Å². The van der Waals surface area contributed by atoms with Crippen LogP contribution in [-0.2, 0) is 26.6 Å². The zero-order valence-corrected chi connectivity index (χ0v) is 15.5. The number of anilines is 1. The molecule has 0 aliphatic carbocycles. The third-order valence-electron chi connectivity index (χ3n) is 4.85. The molecule has 0 fully saturated rings. The van der Waals surface area contributed by atoms with Gasteiger partial charge in [-0.1, -0.05) is 6.42 Å². The molecule has 1 aliphatic heterocycles. The van der Waals surface area contributed by atoms with Crippen molar-refractivity contribution in [1.29, 1.82) is 0 Å². The number of hydrogen-bond acceptors (Lipinski definition) is 5. The van der Waals surface area contributed by atoms with Gasteiger partial charge in [0.25, 0.3) is 0 Å². The van der Waals surface area contributed by atoms with Crippen molar-refractivity contribution >= 4 is 5.82 Å². The van der Waals surface area contributed by atoms with Crippen LogP contribution in [0, 0.1) is 6.92 Å². The standard InChI is InChI=1S/C17H29N7/c1-12-14(17(22(3)4)23(5)21-12)11-18-13(2)16-20-19-15-9-7-6-8-10-24(15)16/h13,18H,6-11H2,1-5H3/t13-/m1/s1. The largest absolute Gasteiger partial charge is 0.363 e. The van der Waals surface area contributed by atoms with E-state index in [1.807, 2.05) is 11.7 Å². The molecule has 0 radical (unpaired) electrons. The van der Waals surface area contributed by atoms with Crippen LogP contribution in [0.4, 0.5) is 5.82 Å². The first kappa shape index (κ1) is 17.0. The van der Waals surface area contributed by atoms with Gasteiger partial charge < -0.3 is 14.8 Å². The molecule has 0 amide bonds. The Labute approximate surface area is 144 Å². The average molecular weight is 331 g/mol. The van der Waals surface area contributed by atoms with Crippen LogP contribution < -0.4 is 10.2 Å². The van der Waals surface area contributed by atoms with E-state index in [4.69, 9.17) is 0 Å². The van der Waals surface area contributed by atoms with Crippen LogP contribution in [0.25, 0.3) is 0 Å². The molecule has 0 spiro atoms. The number of fused-ring (bicyclic) bond motifs is 1. The lowest BCUT2D eigenvalue weighted by molar-refractivity contribution is 0.501. The van der Waals surface area contributed by atoms with Crippen LogP contribution in [0.3, 0.4) is 0 Å². The number of hydrogen-bond donors (Lipinski definition) is 1. The maximum atomic E-state index is 4.56. The highest BCUT2D eigenvalue weighted by atomic mass is 15.4. The minimum atomic E-state index is 0.166. The molecule has 132 valence electrons. The minimum Gasteiger partial charge on any atom is -0.363 e. The second-order valence-corrected chi connectivity index (χ2v) is 6.94. The molecule has 3 rings (SSSR count). The van der Waals surface area contributed by atoms with Crippen molar-refractivity contribution in [1.82, 2.24) is 29.9 Å². The Morgan fingerprint density at radius 2 is 2.00 bits per heavy atom. The average Bonchev–Trinajstić information content (AvgIpc) is 2.96. The number of aryl methyl sites for hydroxylation is 3. The Morgan fingerprint density at radius 1 is 1.21 bits per heavy atom. The molecule has 2 aromatic rings. The van der Waals surface area contributed by atoms with E-state index < -0.39 is 0 Å². The molecule has 0 bridgehead atoms. The van der Waals surface area contributed by atoms with Crippen molar-refractivity contribution in [3.8, 4) is 0 Å². The number of aromatic nitrogens is 5. The van der Waals surface area contributed by atoms with E-state index in [0.29, 0.717) is 0 Å². The van der Waals surface area contributed by atoms with Gasteiger partial charge in [-0.15, -0.1) is 10.2 Å². The molecule has 0 unspecified atom stereocenters. The highest BCUT2D eigenvalue weighted by Crippen LogP contribution is 2.23. The minimum absolute atomic E-state index is 0.166. The summed E-state index contributed by atoms with van der Waals surface area (Å²) < 4.78 is 4.26. The molecule has 1 aliphatic rings. The van der Waals surface area contributed by atoms with Gasteiger partial charge in [-0.25, -0.2) is 0 Å². The summed E-state index contributed by atoms with van der Waals surface area (Å²) in [5.74, 6) is 3.34. The van der Waals surface area contributed by atoms with Crippen molar-refractivity contribution in [3.63, 3.8) is 0 Å². The predicted octanol–water partition coefficient (Wildman–Crippen LogP) is 1.96. The zero-order chi connectivity index (χ0) is 17.3. The van der Waals surface area contributed by atoms with E-state index in [2.05, 4.69) is 58.0 Å². The fourth-order valence-corrected chi connectivity index (χ4v) is 3.63. The molecule has 1 atom stereocenters. The second kappa shape index (κ2) is 6.93. The highest BCUT2D eigenvalue weighted by Gasteiger charge is 2.21. The smallest absolute Gasteiger partial charge is 0.149 e. The fourth-order valence-electron chi connectivity index (χ4n) is 3.63. The van der Waals surface area contributed by atoms with Gasteiger partial charge in [-0.3, -0.25) is 4.68 Å². The molecule has 1 N–H and O–H groups in total. The summed E-state index contributed by atoms with van der Waals surface area (Å²) >= 11 is 0. The van der Waals surface area contributed by atoms with E-state index in [-0.39, 0.29) is 6.04 Å². The molecule has 2 aromatic heterocycles. The van der Waals surface area contributed by atoms with Crippen molar-refractivity contribution in [3.05, 3.63) is 22.9 Å². The SMILES string of the molecule is Cc1nn(C)c(N(C)C)c1CN[C@H](C)c1nnc2n1CCCCC2. The van der Waals surface area contributed by atoms with Gasteiger partial charge in [0.1, 0.15) is 17.5 Å². The van der Waals surface area contributed by atoms with Gasteiger partial charge in [0.05, 0.1) is 11.7 Å². The Bertz CT molecular complexity index is 698. The van der Waals surface area contributed by atoms with Crippen molar-refractivity contribution < 1.29 is 0 Å². The maximum Gasteiger partial charge on any atom is 0.149 e. The van der Waals surface area contributed by atoms with Crippen LogP contribution in [-0.4, -0.2) is 38.6 Å². The Kier molecular flexibility index (Phi) is 4.89. The lowest BCUT2D eigenvalue weighted by Crippen LogP contribution is -2.24. The molecule has 0 aromatic carbocycles. The van der Waals surface area contributed by atoms with Crippen LogP contribution in [0.1, 0.15) is 55.1 Å². The summed E-state index contributed by atoms with van der Waals surface area (Å²) in [6.45, 7) is 6.05. The molecule has 7 nitrogen and oxygen atoms in total. The summed E-state index contributed by atoms with van der Waals surface area (Å²) in [5.41, 5.74) is 2.31. The Balaban J connectivity index is 1.75. The zero-order valence-electron chi connectivity index (χ0n) is 15.5. The first-order valence-corrected chi connectivity index (χ1v) is 8.84. The topological polar surface area (TPSA) is 63.8 Å². The second-order valence-electron chi connectivity index (χ2n) is 6.94. The first-order valence-electron chi connectivity index (χ1n) is 8.84. The molecular weight excluding hydrogens is 302 g/mol. The molecular formula is C17H29N7. The van der Waals surface area contributed by atoms with E-state index >= 15 is 0 Å². The monoisotopic (exact) mass is 331 g/mol. The summed E-state index contributed by atoms with van der Waals surface area (Å²) in [4.78, 5) is 2.12. The van der Waals surface area contributed by atoms with Gasteiger partial charge >= 0.3 is 0 Å². The molecule has 0 saturated heterocycles. The summed E-state index contributed by atoms with van der Waals surface area (Å²) in [5, 5.41) is 17.0. The third-order valence-corrected chi connectivity index (χ3v) is 4.85. The highest BCUT2D eigenvalue weighted by molar-refractivity contribution is 5.48. The van der Waals surface area contributed by atoms with Gasteiger partial charge in [-0.2, -0.15) is 5.10 Å². The van der Waals surface area contributed by atoms with Crippen molar-refractivity contribution in [2.45, 2.75) is 58.7 Å². The summed E-state index contributed by atoms with van der Waals surface area (Å²) in [6, 6.07) is 0.166. The van der Waals surface area contributed by atoms with Crippen LogP contribution in [0.5, 0.6) is 0 Å². The summed E-state index contributed by atoms with van der Waals surface area (Å²) in [6.07, 6.45) is 4.77. The van der Waals surface area contributed by atoms with Crippen molar-refractivity contribution in [2.75, 3.05) is 19.0 Å². The molecule has 24 heavy (non-hydrogen) atoms. The molecule has 3 heterocycles. The van der Waals surface area contributed by atoms with Gasteiger partial charge in [-0.05, 0) is 26.7 Å². The van der Waals surface area contributed by atoms with E-state index in [1.54, 1.807) is 0 Å². The first-order chi connectivity index (χ1) is 11.5. The molecule has 7 heteroatoms. The number of nitrogens with one attached hydrogen (secondary N) is 1. The van der Waals surface area contributed by atoms with E-state index in [1.165, 1.54) is 24.8 Å². The Morgan fingerprint density at radius 3 is 2.75 bits per heavy atom. The normalized spacial score (nSPS) is 15.9. The van der Waals surface area contributed by atoms with Crippen LogP contribution in [0.2, 0.25) is 0 Å². The van der Waals surface area contributed by atoms with Crippen molar-refractivity contribution in [2.24, 2.45) is 7.05 Å². The Hall–Kier alpha value is -1.89. The maximum absolute atomic E-state index is 4.56. The number of rotatable bonds is 5. The molecule has 0 saturated carbocycles. The van der Waals surface area contributed by atoms with Gasteiger partial charge in [0.15, 0.2) is 0 Å². The lowest BCUT2D eigenvalue weighted by atomic mass is 10.2. The third kappa shape index (κ3) is 3.17. The quantitative estimate of drug-likeness (QED) is 0.907. The lowest BCUT2D eigenvalue weighted by Gasteiger charge is -2.18. The number of nitrogens with zero attached hydrogens (tertiary/aromatic N) is 6. The van der Waals surface area contributed by atoms with Crippen LogP contribution in [0.15, 0.2) is 0 Å². The fraction of sp³-hybridized carbons (Fsp3) is 0.706. The van der Waals surface area contributed by atoms with E-state index in [9.17, 15) is 0 Å². The van der Waals surface area contributed by atoms with Crippen LogP contribution >= 0.6 is 0 Å². The van der Waals surface area contributed by atoms with Gasteiger partial charge in [0, 0.05) is 46.2 Å². The van der Waals surface area contributed by atoms with E-state index in [0.717, 1.165) is 42.7 Å².